The highest BCUT2D eigenvalue weighted by atomic mass is 35.5. The Balaban J connectivity index is 1.28. The molecular weight excluding hydrogens is 394 g/mol. The van der Waals surface area contributed by atoms with Crippen molar-refractivity contribution < 1.29 is 0 Å². The number of anilines is 2. The van der Waals surface area contributed by atoms with Gasteiger partial charge < -0.3 is 15.5 Å². The third kappa shape index (κ3) is 5.21. The summed E-state index contributed by atoms with van der Waals surface area (Å²) in [4.78, 5) is 11.5. The molecule has 1 aliphatic rings. The van der Waals surface area contributed by atoms with E-state index in [9.17, 15) is 0 Å². The summed E-state index contributed by atoms with van der Waals surface area (Å²) in [7, 11) is 4.05. The van der Waals surface area contributed by atoms with Gasteiger partial charge in [0.05, 0.1) is 5.52 Å². The van der Waals surface area contributed by atoms with Gasteiger partial charge in [0.2, 0.25) is 5.95 Å². The average molecular weight is 424 g/mol. The zero-order valence-corrected chi connectivity index (χ0v) is 18.5. The number of nitrogens with one attached hydrogen (secondary N) is 2. The average Bonchev–Trinajstić information content (AvgIpc) is 2.76. The van der Waals surface area contributed by atoms with E-state index in [0.29, 0.717) is 12.0 Å². The summed E-state index contributed by atoms with van der Waals surface area (Å²) in [6.45, 7) is 1.80. The second-order valence-corrected chi connectivity index (χ2v) is 8.83. The maximum Gasteiger partial charge on any atom is 0.225 e. The molecule has 0 amide bonds. The van der Waals surface area contributed by atoms with Gasteiger partial charge in [-0.1, -0.05) is 35.9 Å². The minimum Gasteiger partial charge on any atom is -0.362 e. The predicted molar refractivity (Wildman–Crippen MR) is 126 cm³/mol. The lowest BCUT2D eigenvalue weighted by Gasteiger charge is -2.29. The highest BCUT2D eigenvalue weighted by Gasteiger charge is 2.21. The maximum atomic E-state index is 6.08. The van der Waals surface area contributed by atoms with Gasteiger partial charge in [0.25, 0.3) is 0 Å². The highest BCUT2D eigenvalue weighted by Crippen LogP contribution is 2.27. The molecule has 1 saturated carbocycles. The fraction of sp³-hybridized carbons (Fsp3) is 0.417. The molecule has 6 heteroatoms. The minimum absolute atomic E-state index is 0.581. The molecule has 0 bridgehead atoms. The van der Waals surface area contributed by atoms with Crippen LogP contribution < -0.4 is 15.5 Å². The number of halogens is 1. The number of rotatable bonds is 7. The number of hydrogen-bond acceptors (Lipinski definition) is 5. The molecule has 0 atom stereocenters. The topological polar surface area (TPSA) is 53.1 Å². The minimum atomic E-state index is 0.581. The first-order valence-electron chi connectivity index (χ1n) is 10.7. The molecule has 2 aromatic carbocycles. The molecule has 2 N–H and O–H groups in total. The lowest BCUT2D eigenvalue weighted by molar-refractivity contribution is 0.300. The van der Waals surface area contributed by atoms with Gasteiger partial charge in [-0.05, 0) is 61.4 Å². The van der Waals surface area contributed by atoms with Crippen LogP contribution in [-0.4, -0.2) is 36.6 Å². The van der Waals surface area contributed by atoms with Gasteiger partial charge >= 0.3 is 0 Å². The van der Waals surface area contributed by atoms with Crippen molar-refractivity contribution >= 4 is 34.3 Å². The van der Waals surface area contributed by atoms with Gasteiger partial charge in [0.1, 0.15) is 5.82 Å². The van der Waals surface area contributed by atoms with Crippen molar-refractivity contribution in [3.8, 4) is 0 Å². The molecule has 3 aromatic rings. The van der Waals surface area contributed by atoms with Gasteiger partial charge in [-0.2, -0.15) is 4.98 Å². The van der Waals surface area contributed by atoms with Crippen LogP contribution in [0.3, 0.4) is 0 Å². The molecule has 1 aliphatic carbocycles. The molecule has 0 spiro atoms. The standard InChI is InChI=1S/C24H30ClN5/c1-30(2)23-21-8-3-4-9-22(21)28-24(29-23)27-15-17-10-12-20(13-11-17)26-16-18-6-5-7-19(25)14-18/h3-9,14,17,20,26H,10-13,15-16H2,1-2H3,(H,27,28,29). The van der Waals surface area contributed by atoms with Gasteiger partial charge in [0.15, 0.2) is 0 Å². The van der Waals surface area contributed by atoms with Gasteiger partial charge in [-0.15, -0.1) is 0 Å². The Hall–Kier alpha value is -2.37. The van der Waals surface area contributed by atoms with E-state index in [1.807, 2.05) is 55.4 Å². The van der Waals surface area contributed by atoms with E-state index in [1.165, 1.54) is 31.2 Å². The molecule has 4 rings (SSSR count). The first-order valence-corrected chi connectivity index (χ1v) is 11.1. The Morgan fingerprint density at radius 3 is 2.57 bits per heavy atom. The Bertz CT molecular complexity index is 982. The van der Waals surface area contributed by atoms with E-state index in [4.69, 9.17) is 21.6 Å². The Kier molecular flexibility index (Phi) is 6.70. The van der Waals surface area contributed by atoms with Crippen LogP contribution in [0.5, 0.6) is 0 Å². The van der Waals surface area contributed by atoms with Crippen molar-refractivity contribution in [3.63, 3.8) is 0 Å². The van der Waals surface area contributed by atoms with Gasteiger partial charge in [-0.25, -0.2) is 4.98 Å². The van der Waals surface area contributed by atoms with Crippen molar-refractivity contribution in [2.45, 2.75) is 38.3 Å². The van der Waals surface area contributed by atoms with E-state index in [0.717, 1.165) is 40.8 Å². The number of nitrogens with zero attached hydrogens (tertiary/aromatic N) is 3. The van der Waals surface area contributed by atoms with Gasteiger partial charge in [0, 0.05) is 43.6 Å². The van der Waals surface area contributed by atoms with Crippen molar-refractivity contribution in [3.05, 3.63) is 59.1 Å². The lowest BCUT2D eigenvalue weighted by Crippen LogP contribution is -2.34. The summed E-state index contributed by atoms with van der Waals surface area (Å²) in [6.07, 6.45) is 4.84. The molecular formula is C24H30ClN5. The smallest absolute Gasteiger partial charge is 0.225 e. The normalized spacial score (nSPS) is 19.0. The second-order valence-electron chi connectivity index (χ2n) is 8.39. The van der Waals surface area contributed by atoms with Crippen LogP contribution in [0.25, 0.3) is 10.9 Å². The molecule has 0 unspecified atom stereocenters. The monoisotopic (exact) mass is 423 g/mol. The van der Waals surface area contributed by atoms with Crippen molar-refractivity contribution in [2.75, 3.05) is 30.9 Å². The molecule has 1 heterocycles. The van der Waals surface area contributed by atoms with E-state index in [-0.39, 0.29) is 0 Å². The van der Waals surface area contributed by atoms with Crippen LogP contribution in [0, 0.1) is 5.92 Å². The first-order chi connectivity index (χ1) is 14.6. The van der Waals surface area contributed by atoms with Crippen molar-refractivity contribution in [1.29, 1.82) is 0 Å². The number of benzene rings is 2. The third-order valence-electron chi connectivity index (χ3n) is 5.89. The number of para-hydroxylation sites is 1. The Morgan fingerprint density at radius 2 is 1.80 bits per heavy atom. The fourth-order valence-corrected chi connectivity index (χ4v) is 4.41. The van der Waals surface area contributed by atoms with Crippen LogP contribution in [-0.2, 0) is 6.54 Å². The summed E-state index contributed by atoms with van der Waals surface area (Å²) >= 11 is 6.08. The SMILES string of the molecule is CN(C)c1nc(NCC2CCC(NCc3cccc(Cl)c3)CC2)nc2ccccc12. The van der Waals surface area contributed by atoms with E-state index < -0.39 is 0 Å². The van der Waals surface area contributed by atoms with E-state index >= 15 is 0 Å². The molecule has 1 aromatic heterocycles. The van der Waals surface area contributed by atoms with Crippen LogP contribution >= 0.6 is 11.6 Å². The summed E-state index contributed by atoms with van der Waals surface area (Å²) in [5.41, 5.74) is 2.23. The molecule has 0 saturated heterocycles. The molecule has 1 fully saturated rings. The molecule has 5 nitrogen and oxygen atoms in total. The Labute approximate surface area is 183 Å². The zero-order chi connectivity index (χ0) is 20.9. The maximum absolute atomic E-state index is 6.08. The summed E-state index contributed by atoms with van der Waals surface area (Å²) in [5.74, 6) is 2.34. The molecule has 0 radical (unpaired) electrons. The zero-order valence-electron chi connectivity index (χ0n) is 17.7. The van der Waals surface area contributed by atoms with Crippen molar-refractivity contribution in [2.24, 2.45) is 5.92 Å². The van der Waals surface area contributed by atoms with Gasteiger partial charge in [-0.3, -0.25) is 0 Å². The van der Waals surface area contributed by atoms with Crippen LogP contribution in [0.15, 0.2) is 48.5 Å². The van der Waals surface area contributed by atoms with Crippen LogP contribution in [0.4, 0.5) is 11.8 Å². The third-order valence-corrected chi connectivity index (χ3v) is 6.12. The lowest BCUT2D eigenvalue weighted by atomic mass is 9.86. The quantitative estimate of drug-likeness (QED) is 0.553. The highest BCUT2D eigenvalue weighted by molar-refractivity contribution is 6.30. The first kappa shape index (κ1) is 20.9. The summed E-state index contributed by atoms with van der Waals surface area (Å²) < 4.78 is 0. The fourth-order valence-electron chi connectivity index (χ4n) is 4.20. The molecule has 30 heavy (non-hydrogen) atoms. The summed E-state index contributed by atoms with van der Waals surface area (Å²) in [6, 6.07) is 16.9. The number of fused-ring (bicyclic) bond motifs is 1. The number of hydrogen-bond donors (Lipinski definition) is 2. The predicted octanol–water partition coefficient (Wildman–Crippen LogP) is 5.11. The largest absolute Gasteiger partial charge is 0.362 e. The Morgan fingerprint density at radius 1 is 1.00 bits per heavy atom. The van der Waals surface area contributed by atoms with E-state index in [1.54, 1.807) is 0 Å². The molecule has 158 valence electrons. The van der Waals surface area contributed by atoms with Crippen molar-refractivity contribution in [1.82, 2.24) is 15.3 Å². The molecule has 0 aliphatic heterocycles. The van der Waals surface area contributed by atoms with E-state index in [2.05, 4.69) is 22.8 Å². The van der Waals surface area contributed by atoms with Crippen LogP contribution in [0.1, 0.15) is 31.2 Å². The second kappa shape index (κ2) is 9.63. The number of aromatic nitrogens is 2. The summed E-state index contributed by atoms with van der Waals surface area (Å²) in [5, 5.41) is 9.07. The van der Waals surface area contributed by atoms with Crippen LogP contribution in [0.2, 0.25) is 5.02 Å².